The first-order chi connectivity index (χ1) is 9.01. The minimum absolute atomic E-state index is 1.00. The summed E-state index contributed by atoms with van der Waals surface area (Å²) in [6, 6.07) is 8.29. The van der Waals surface area contributed by atoms with Crippen molar-refractivity contribution in [3.8, 4) is 23.3 Å². The van der Waals surface area contributed by atoms with Crippen molar-refractivity contribution in [1.29, 1.82) is 0 Å². The first kappa shape index (κ1) is 15.6. The Hall–Kier alpha value is -1.44. The van der Waals surface area contributed by atoms with E-state index >= 15 is 0 Å². The van der Waals surface area contributed by atoms with Crippen LogP contribution in [0.25, 0.3) is 0 Å². The van der Waals surface area contributed by atoms with Crippen molar-refractivity contribution in [2.45, 2.75) is 52.2 Å². The van der Waals surface area contributed by atoms with Gasteiger partial charge in [0.2, 0.25) is 0 Å². The topological polar surface area (TPSA) is 0 Å². The average Bonchev–Trinajstić information content (AvgIpc) is 2.37. The Morgan fingerprint density at radius 1 is 0.895 bits per heavy atom. The highest BCUT2D eigenvalue weighted by Gasteiger charge is 2.07. The monoisotopic (exact) mass is 268 g/mol. The molecule has 0 saturated carbocycles. The molecule has 0 radical (unpaired) electrons. The molecule has 1 rings (SSSR count). The molecule has 1 aromatic carbocycles. The third-order valence-electron chi connectivity index (χ3n) is 2.60. The third-order valence-corrected chi connectivity index (χ3v) is 3.48. The van der Waals surface area contributed by atoms with Crippen LogP contribution in [0.1, 0.15) is 43.7 Å². The number of hydrogen-bond acceptors (Lipinski definition) is 0. The van der Waals surface area contributed by atoms with E-state index in [0.717, 1.165) is 17.5 Å². The van der Waals surface area contributed by atoms with Crippen LogP contribution in [0.5, 0.6) is 0 Å². The molecule has 0 spiro atoms. The fourth-order valence-corrected chi connectivity index (χ4v) is 2.04. The van der Waals surface area contributed by atoms with E-state index in [1.165, 1.54) is 19.3 Å². The molecule has 0 bridgehead atoms. The molecular weight excluding hydrogens is 244 g/mol. The Morgan fingerprint density at radius 3 is 2.00 bits per heavy atom. The summed E-state index contributed by atoms with van der Waals surface area (Å²) in [7, 11) is -1.28. The number of unbranched alkanes of at least 4 members (excludes halogenated alkanes) is 3. The van der Waals surface area contributed by atoms with E-state index in [2.05, 4.69) is 74.1 Å². The molecule has 0 unspecified atom stereocenters. The van der Waals surface area contributed by atoms with Gasteiger partial charge in [-0.15, -0.1) is 5.54 Å². The minimum Gasteiger partial charge on any atom is -0.127 e. The SMILES string of the molecule is CCCCCC#Cc1ccc(C#C[Si](C)(C)C)cc1. The molecule has 100 valence electrons. The van der Waals surface area contributed by atoms with Crippen LogP contribution in [-0.2, 0) is 0 Å². The van der Waals surface area contributed by atoms with Gasteiger partial charge in [0, 0.05) is 17.5 Å². The number of rotatable bonds is 3. The van der Waals surface area contributed by atoms with E-state index in [1.807, 2.05) is 0 Å². The van der Waals surface area contributed by atoms with Crippen LogP contribution in [0.2, 0.25) is 19.6 Å². The molecule has 0 N–H and O–H groups in total. The highest BCUT2D eigenvalue weighted by atomic mass is 28.3. The summed E-state index contributed by atoms with van der Waals surface area (Å²) in [6.07, 6.45) is 4.75. The second-order valence-electron chi connectivity index (χ2n) is 5.84. The molecule has 0 aliphatic heterocycles. The van der Waals surface area contributed by atoms with Gasteiger partial charge in [-0.25, -0.2) is 0 Å². The zero-order chi connectivity index (χ0) is 14.1. The molecule has 0 atom stereocenters. The maximum atomic E-state index is 3.38. The minimum atomic E-state index is -1.28. The Morgan fingerprint density at radius 2 is 1.47 bits per heavy atom. The summed E-state index contributed by atoms with van der Waals surface area (Å²) >= 11 is 0. The molecule has 0 fully saturated rings. The normalized spacial score (nSPS) is 10.1. The van der Waals surface area contributed by atoms with E-state index in [4.69, 9.17) is 0 Å². The van der Waals surface area contributed by atoms with Crippen molar-refractivity contribution in [1.82, 2.24) is 0 Å². The maximum absolute atomic E-state index is 3.38. The van der Waals surface area contributed by atoms with Gasteiger partial charge in [-0.05, 0) is 30.7 Å². The van der Waals surface area contributed by atoms with Crippen LogP contribution in [0.4, 0.5) is 0 Å². The van der Waals surface area contributed by atoms with Gasteiger partial charge in [0.1, 0.15) is 8.07 Å². The lowest BCUT2D eigenvalue weighted by molar-refractivity contribution is 0.737. The predicted octanol–water partition coefficient (Wildman–Crippen LogP) is 4.85. The molecule has 0 aliphatic rings. The zero-order valence-corrected chi connectivity index (χ0v) is 13.6. The Balaban J connectivity index is 2.58. The maximum Gasteiger partial charge on any atom is 0.129 e. The van der Waals surface area contributed by atoms with Crippen LogP contribution in [0.15, 0.2) is 24.3 Å². The van der Waals surface area contributed by atoms with Gasteiger partial charge in [-0.2, -0.15) is 0 Å². The van der Waals surface area contributed by atoms with Crippen molar-refractivity contribution in [2.75, 3.05) is 0 Å². The molecular formula is C18H24Si. The Labute approximate surface area is 119 Å². The molecule has 1 aromatic rings. The van der Waals surface area contributed by atoms with E-state index in [9.17, 15) is 0 Å². The molecule has 19 heavy (non-hydrogen) atoms. The Kier molecular flexibility index (Phi) is 6.47. The van der Waals surface area contributed by atoms with Crippen LogP contribution in [-0.4, -0.2) is 8.07 Å². The van der Waals surface area contributed by atoms with Crippen LogP contribution in [0, 0.1) is 23.3 Å². The van der Waals surface area contributed by atoms with Crippen LogP contribution in [0.3, 0.4) is 0 Å². The molecule has 0 amide bonds. The second-order valence-corrected chi connectivity index (χ2v) is 10.6. The third kappa shape index (κ3) is 7.55. The van der Waals surface area contributed by atoms with Crippen molar-refractivity contribution >= 4 is 8.07 Å². The van der Waals surface area contributed by atoms with Gasteiger partial charge in [0.15, 0.2) is 0 Å². The fourth-order valence-electron chi connectivity index (χ4n) is 1.52. The van der Waals surface area contributed by atoms with Gasteiger partial charge in [-0.3, -0.25) is 0 Å². The smallest absolute Gasteiger partial charge is 0.127 e. The van der Waals surface area contributed by atoms with E-state index in [-0.39, 0.29) is 0 Å². The van der Waals surface area contributed by atoms with Crippen molar-refractivity contribution < 1.29 is 0 Å². The summed E-state index contributed by atoms with van der Waals surface area (Å²) in [4.78, 5) is 0. The molecule has 1 heteroatoms. The molecule has 0 nitrogen and oxygen atoms in total. The summed E-state index contributed by atoms with van der Waals surface area (Å²) in [5.74, 6) is 9.71. The highest BCUT2D eigenvalue weighted by Crippen LogP contribution is 2.04. The molecule has 0 heterocycles. The zero-order valence-electron chi connectivity index (χ0n) is 12.6. The lowest BCUT2D eigenvalue weighted by Gasteiger charge is -2.03. The quantitative estimate of drug-likeness (QED) is 0.418. The lowest BCUT2D eigenvalue weighted by atomic mass is 10.1. The second kappa shape index (κ2) is 7.88. The number of benzene rings is 1. The average molecular weight is 268 g/mol. The largest absolute Gasteiger partial charge is 0.129 e. The molecule has 0 aromatic heterocycles. The first-order valence-corrected chi connectivity index (χ1v) is 10.6. The van der Waals surface area contributed by atoms with Gasteiger partial charge < -0.3 is 0 Å². The fraction of sp³-hybridized carbons (Fsp3) is 0.444. The predicted molar refractivity (Wildman–Crippen MR) is 87.7 cm³/mol. The summed E-state index contributed by atoms with van der Waals surface area (Å²) in [5.41, 5.74) is 5.57. The first-order valence-electron chi connectivity index (χ1n) is 7.13. The van der Waals surface area contributed by atoms with Gasteiger partial charge >= 0.3 is 0 Å². The molecule has 0 aliphatic carbocycles. The number of hydrogen-bond donors (Lipinski definition) is 0. The van der Waals surface area contributed by atoms with Crippen molar-refractivity contribution in [3.63, 3.8) is 0 Å². The standard InChI is InChI=1S/C18H24Si/c1-5-6-7-8-9-10-17-11-13-18(14-12-17)15-16-19(2,3)4/h11-14H,5-8H2,1-4H3. The van der Waals surface area contributed by atoms with E-state index < -0.39 is 8.07 Å². The Bertz CT molecular complexity index is 495. The summed E-state index contributed by atoms with van der Waals surface area (Å²) in [6.45, 7) is 9.00. The summed E-state index contributed by atoms with van der Waals surface area (Å²) < 4.78 is 0. The van der Waals surface area contributed by atoms with Gasteiger partial charge in [-0.1, -0.05) is 57.2 Å². The van der Waals surface area contributed by atoms with Crippen LogP contribution >= 0.6 is 0 Å². The van der Waals surface area contributed by atoms with Gasteiger partial charge in [0.05, 0.1) is 0 Å². The van der Waals surface area contributed by atoms with Gasteiger partial charge in [0.25, 0.3) is 0 Å². The summed E-state index contributed by atoms with van der Waals surface area (Å²) in [5, 5.41) is 0. The van der Waals surface area contributed by atoms with Crippen molar-refractivity contribution in [2.24, 2.45) is 0 Å². The van der Waals surface area contributed by atoms with E-state index in [0.29, 0.717) is 0 Å². The van der Waals surface area contributed by atoms with E-state index in [1.54, 1.807) is 0 Å². The highest BCUT2D eigenvalue weighted by molar-refractivity contribution is 6.83. The lowest BCUT2D eigenvalue weighted by Crippen LogP contribution is -2.16. The van der Waals surface area contributed by atoms with Crippen LogP contribution < -0.4 is 0 Å². The molecule has 0 saturated heterocycles. The van der Waals surface area contributed by atoms with Crippen molar-refractivity contribution in [3.05, 3.63) is 35.4 Å².